The highest BCUT2D eigenvalue weighted by Crippen LogP contribution is 2.69. The number of ether oxygens (including phenoxy) is 2. The summed E-state index contributed by atoms with van der Waals surface area (Å²) in [5.74, 6) is -0.0826. The van der Waals surface area contributed by atoms with E-state index in [2.05, 4.69) is 10.6 Å². The minimum absolute atomic E-state index is 0.0444. The van der Waals surface area contributed by atoms with Gasteiger partial charge in [-0.2, -0.15) is 13.2 Å². The molecule has 0 saturated heterocycles. The summed E-state index contributed by atoms with van der Waals surface area (Å²) in [7, 11) is 0. The van der Waals surface area contributed by atoms with Crippen molar-refractivity contribution in [3.8, 4) is 5.75 Å². The molecule has 4 rings (SSSR count). The number of amides is 2. The first kappa shape index (κ1) is 26.6. The van der Waals surface area contributed by atoms with Gasteiger partial charge in [0, 0.05) is 17.1 Å². The molecule has 3 saturated carbocycles. The van der Waals surface area contributed by atoms with E-state index in [1.807, 2.05) is 0 Å². The maximum atomic E-state index is 12.8. The highest BCUT2D eigenvalue weighted by molar-refractivity contribution is 6.30. The maximum Gasteiger partial charge on any atom is 0.416 e. The Balaban J connectivity index is 1.20. The van der Waals surface area contributed by atoms with Gasteiger partial charge in [0.2, 0.25) is 5.91 Å². The largest absolute Gasteiger partial charge is 0.484 e. The first-order valence-corrected chi connectivity index (χ1v) is 11.9. The number of unbranched alkanes of at least 4 members (excludes halogenated alkanes) is 2. The summed E-state index contributed by atoms with van der Waals surface area (Å²) in [6.07, 6.45) is 2.02. The topological polar surface area (TPSA) is 76.7 Å². The highest BCUT2D eigenvalue weighted by Gasteiger charge is 2.67. The summed E-state index contributed by atoms with van der Waals surface area (Å²) in [4.78, 5) is 23.9. The average Bonchev–Trinajstić information content (AvgIpc) is 2.70. The molecule has 3 aliphatic rings. The van der Waals surface area contributed by atoms with E-state index in [-0.39, 0.29) is 23.5 Å². The Morgan fingerprint density at radius 1 is 1.00 bits per heavy atom. The third-order valence-electron chi connectivity index (χ3n) is 6.68. The summed E-state index contributed by atoms with van der Waals surface area (Å²) >= 11 is 5.81. The molecule has 2 N–H and O–H groups in total. The van der Waals surface area contributed by atoms with Gasteiger partial charge < -0.3 is 20.1 Å². The van der Waals surface area contributed by atoms with E-state index in [0.29, 0.717) is 17.3 Å². The van der Waals surface area contributed by atoms with Crippen LogP contribution in [0.1, 0.15) is 58.8 Å². The van der Waals surface area contributed by atoms with Crippen LogP contribution < -0.4 is 15.4 Å². The molecule has 0 aliphatic heterocycles. The van der Waals surface area contributed by atoms with Gasteiger partial charge in [-0.3, -0.25) is 9.59 Å². The molecule has 10 heteroatoms. The van der Waals surface area contributed by atoms with Crippen LogP contribution in [-0.4, -0.2) is 48.9 Å². The number of carbonyl (C=O) groups excluding carboxylic acids is 2. The van der Waals surface area contributed by atoms with E-state index >= 15 is 0 Å². The second-order valence-electron chi connectivity index (χ2n) is 10.1. The van der Waals surface area contributed by atoms with E-state index in [1.165, 1.54) is 0 Å². The molecule has 0 radical (unpaired) electrons. The number of carbonyl (C=O) groups is 2. The summed E-state index contributed by atoms with van der Waals surface area (Å²) < 4.78 is 48.6. The van der Waals surface area contributed by atoms with E-state index < -0.39 is 24.3 Å². The van der Waals surface area contributed by atoms with Gasteiger partial charge in [0.25, 0.3) is 5.91 Å². The van der Waals surface area contributed by atoms with E-state index in [1.54, 1.807) is 24.3 Å². The van der Waals surface area contributed by atoms with Crippen molar-refractivity contribution in [3.63, 3.8) is 0 Å². The van der Waals surface area contributed by atoms with Crippen molar-refractivity contribution in [3.05, 3.63) is 29.3 Å². The first-order chi connectivity index (χ1) is 15.8. The standard InChI is InChI=1S/C24H32ClF3N2O4/c1-21(2,24(26,27)28)34-13-20(32)30-23-14-22(15-23,16-23)10-4-3-5-11-29-19(31)12-33-18-8-6-17(25)7-9-18/h6-9H,3-5,10-16H2,1-2H3,(H,29,31)(H,30,32). The maximum absolute atomic E-state index is 12.8. The number of hydrogen-bond donors (Lipinski definition) is 2. The molecule has 34 heavy (non-hydrogen) atoms. The molecule has 0 heterocycles. The summed E-state index contributed by atoms with van der Waals surface area (Å²) in [5.41, 5.74) is -2.37. The zero-order valence-electron chi connectivity index (χ0n) is 19.5. The number of alkyl halides is 3. The molecule has 0 atom stereocenters. The summed E-state index contributed by atoms with van der Waals surface area (Å²) in [5, 5.41) is 6.31. The molecule has 2 amide bonds. The molecule has 0 unspecified atom stereocenters. The molecule has 190 valence electrons. The molecule has 1 aromatic rings. The lowest BCUT2D eigenvalue weighted by atomic mass is 9.38. The Hall–Kier alpha value is -2.00. The second-order valence-corrected chi connectivity index (χ2v) is 10.5. The van der Waals surface area contributed by atoms with Crippen LogP contribution in [0.4, 0.5) is 13.2 Å². The monoisotopic (exact) mass is 504 g/mol. The van der Waals surface area contributed by atoms with Gasteiger partial charge in [-0.05, 0) is 75.6 Å². The lowest BCUT2D eigenvalue weighted by Gasteiger charge is -2.71. The molecule has 0 aromatic heterocycles. The van der Waals surface area contributed by atoms with Gasteiger partial charge >= 0.3 is 6.18 Å². The minimum Gasteiger partial charge on any atom is -0.484 e. The van der Waals surface area contributed by atoms with Crippen LogP contribution in [0.2, 0.25) is 5.02 Å². The predicted octanol–water partition coefficient (Wildman–Crippen LogP) is 4.79. The first-order valence-electron chi connectivity index (χ1n) is 11.5. The number of benzene rings is 1. The molecule has 3 fully saturated rings. The highest BCUT2D eigenvalue weighted by atomic mass is 35.5. The van der Waals surface area contributed by atoms with E-state index in [4.69, 9.17) is 21.1 Å². The van der Waals surface area contributed by atoms with Gasteiger partial charge in [0.15, 0.2) is 12.2 Å². The van der Waals surface area contributed by atoms with Crippen molar-refractivity contribution in [2.24, 2.45) is 5.41 Å². The fourth-order valence-electron chi connectivity index (χ4n) is 4.82. The number of hydrogen-bond acceptors (Lipinski definition) is 4. The van der Waals surface area contributed by atoms with Crippen LogP contribution in [0.25, 0.3) is 0 Å². The van der Waals surface area contributed by atoms with Gasteiger partial charge in [-0.25, -0.2) is 0 Å². The van der Waals surface area contributed by atoms with Crippen molar-refractivity contribution in [1.82, 2.24) is 10.6 Å². The normalized spacial score (nSPS) is 23.5. The van der Waals surface area contributed by atoms with E-state index in [9.17, 15) is 22.8 Å². The fraction of sp³-hybridized carbons (Fsp3) is 0.667. The summed E-state index contributed by atoms with van der Waals surface area (Å²) in [6, 6.07) is 6.81. The van der Waals surface area contributed by atoms with Crippen LogP contribution in [0, 0.1) is 5.41 Å². The zero-order chi connectivity index (χ0) is 25.0. The molecular formula is C24H32ClF3N2O4. The van der Waals surface area contributed by atoms with Crippen molar-refractivity contribution < 1.29 is 32.2 Å². The Bertz CT molecular complexity index is 854. The summed E-state index contributed by atoms with van der Waals surface area (Å²) in [6.45, 7) is 1.77. The third kappa shape index (κ3) is 6.78. The number of nitrogens with one attached hydrogen (secondary N) is 2. The zero-order valence-corrected chi connectivity index (χ0v) is 20.3. The van der Waals surface area contributed by atoms with E-state index in [0.717, 1.165) is 58.8 Å². The third-order valence-corrected chi connectivity index (χ3v) is 6.93. The smallest absolute Gasteiger partial charge is 0.416 e. The Morgan fingerprint density at radius 3 is 2.26 bits per heavy atom. The van der Waals surface area contributed by atoms with Crippen molar-refractivity contribution >= 4 is 23.4 Å². The van der Waals surface area contributed by atoms with Crippen molar-refractivity contribution in [2.75, 3.05) is 19.8 Å². The van der Waals surface area contributed by atoms with Crippen LogP contribution in [0.5, 0.6) is 5.75 Å². The SMILES string of the molecule is CC(C)(OCC(=O)NC12CC(CCCCCNC(=O)COc3ccc(Cl)cc3)(C1)C2)C(F)(F)F. The Labute approximate surface area is 202 Å². The molecule has 1 aromatic carbocycles. The molecule has 2 bridgehead atoms. The van der Waals surface area contributed by atoms with Crippen LogP contribution >= 0.6 is 11.6 Å². The predicted molar refractivity (Wildman–Crippen MR) is 122 cm³/mol. The fourth-order valence-corrected chi connectivity index (χ4v) is 4.94. The lowest BCUT2D eigenvalue weighted by Crippen LogP contribution is -2.74. The number of rotatable bonds is 13. The van der Waals surface area contributed by atoms with Gasteiger partial charge in [-0.1, -0.05) is 24.4 Å². The van der Waals surface area contributed by atoms with Crippen molar-refractivity contribution in [1.29, 1.82) is 0 Å². The minimum atomic E-state index is -4.53. The molecule has 0 spiro atoms. The van der Waals surface area contributed by atoms with Gasteiger partial charge in [0.05, 0.1) is 0 Å². The Morgan fingerprint density at radius 2 is 1.65 bits per heavy atom. The van der Waals surface area contributed by atoms with Gasteiger partial charge in [0.1, 0.15) is 12.4 Å². The Kier molecular flexibility index (Phi) is 8.07. The van der Waals surface area contributed by atoms with Crippen LogP contribution in [0.15, 0.2) is 24.3 Å². The molecule has 6 nitrogen and oxygen atoms in total. The van der Waals surface area contributed by atoms with Gasteiger partial charge in [-0.15, -0.1) is 0 Å². The lowest BCUT2D eigenvalue weighted by molar-refractivity contribution is -0.262. The molecule has 3 aliphatic carbocycles. The number of halogens is 4. The molecular weight excluding hydrogens is 473 g/mol. The van der Waals surface area contributed by atoms with Crippen LogP contribution in [-0.2, 0) is 14.3 Å². The van der Waals surface area contributed by atoms with Crippen LogP contribution in [0.3, 0.4) is 0 Å². The van der Waals surface area contributed by atoms with Crippen molar-refractivity contribution in [2.45, 2.75) is 76.1 Å². The second kappa shape index (κ2) is 10.3. The quantitative estimate of drug-likeness (QED) is 0.379. The average molecular weight is 505 g/mol.